The third-order valence-electron chi connectivity index (χ3n) is 6.68. The fraction of sp³-hybridized carbons (Fsp3) is 0.259. The number of anilines is 2. The van der Waals surface area contributed by atoms with Gasteiger partial charge in [0.25, 0.3) is 5.91 Å². The highest BCUT2D eigenvalue weighted by Crippen LogP contribution is 2.37. The number of fused-ring (bicyclic) bond motifs is 1. The van der Waals surface area contributed by atoms with Crippen molar-refractivity contribution in [2.75, 3.05) is 30.0 Å². The average molecular weight is 461 g/mol. The van der Waals surface area contributed by atoms with Gasteiger partial charge in [-0.05, 0) is 72.9 Å². The van der Waals surface area contributed by atoms with Gasteiger partial charge in [-0.15, -0.1) is 0 Å². The average Bonchev–Trinajstić information content (AvgIpc) is 3.29. The Morgan fingerprint density at radius 3 is 2.45 bits per heavy atom. The van der Waals surface area contributed by atoms with Crippen LogP contribution < -0.4 is 10.2 Å². The van der Waals surface area contributed by atoms with E-state index in [1.165, 1.54) is 5.56 Å². The minimum absolute atomic E-state index is 0.0300. The number of hydrogen-bond donors (Lipinski definition) is 1. The summed E-state index contributed by atoms with van der Waals surface area (Å²) in [6, 6.07) is 22.6. The summed E-state index contributed by atoms with van der Waals surface area (Å²) in [5, 5.41) is 3.67. The summed E-state index contributed by atoms with van der Waals surface area (Å²) >= 11 is 6.22. The molecule has 5 nitrogen and oxygen atoms in total. The highest BCUT2D eigenvalue weighted by atomic mass is 35.5. The number of carbonyl (C=O) groups excluding carboxylic acids is 2. The van der Waals surface area contributed by atoms with Gasteiger partial charge in [-0.3, -0.25) is 9.59 Å². The molecular weight excluding hydrogens is 436 g/mol. The number of nitrogens with zero attached hydrogens (tertiary/aromatic N) is 1. The Bertz CT molecular complexity index is 1190. The van der Waals surface area contributed by atoms with Crippen LogP contribution in [0.2, 0.25) is 5.02 Å². The Morgan fingerprint density at radius 1 is 0.939 bits per heavy atom. The summed E-state index contributed by atoms with van der Waals surface area (Å²) in [7, 11) is 0. The fourth-order valence-corrected chi connectivity index (χ4v) is 5.00. The summed E-state index contributed by atoms with van der Waals surface area (Å²) in [5.74, 6) is -0.113. The zero-order valence-electron chi connectivity index (χ0n) is 18.2. The van der Waals surface area contributed by atoms with Crippen LogP contribution in [0.4, 0.5) is 11.4 Å². The van der Waals surface area contributed by atoms with Crippen molar-refractivity contribution in [3.63, 3.8) is 0 Å². The minimum atomic E-state index is -0.698. The molecule has 1 fully saturated rings. The summed E-state index contributed by atoms with van der Waals surface area (Å²) in [5.41, 5.74) is 3.62. The predicted molar refractivity (Wildman–Crippen MR) is 130 cm³/mol. The molecule has 33 heavy (non-hydrogen) atoms. The molecule has 0 unspecified atom stereocenters. The van der Waals surface area contributed by atoms with Crippen molar-refractivity contribution in [3.8, 4) is 0 Å². The Labute approximate surface area is 198 Å². The van der Waals surface area contributed by atoms with E-state index < -0.39 is 5.41 Å². The van der Waals surface area contributed by atoms with Crippen molar-refractivity contribution >= 4 is 34.8 Å². The lowest BCUT2D eigenvalue weighted by Gasteiger charge is -2.36. The molecular formula is C27H25ClN2O3. The van der Waals surface area contributed by atoms with Crippen molar-refractivity contribution < 1.29 is 14.3 Å². The Balaban J connectivity index is 1.34. The molecule has 0 bridgehead atoms. The lowest BCUT2D eigenvalue weighted by Crippen LogP contribution is -2.44. The highest BCUT2D eigenvalue weighted by molar-refractivity contribution is 6.30. The van der Waals surface area contributed by atoms with E-state index >= 15 is 0 Å². The quantitative estimate of drug-likeness (QED) is 0.580. The van der Waals surface area contributed by atoms with Crippen LogP contribution in [0.1, 0.15) is 34.3 Å². The number of amides is 2. The molecule has 6 heteroatoms. The number of carbonyl (C=O) groups is 2. The molecule has 1 N–H and O–H groups in total. The number of para-hydroxylation sites is 1. The van der Waals surface area contributed by atoms with Gasteiger partial charge in [0.2, 0.25) is 5.91 Å². The monoisotopic (exact) mass is 460 g/mol. The van der Waals surface area contributed by atoms with E-state index in [0.29, 0.717) is 48.9 Å². The Hall–Kier alpha value is -3.15. The molecule has 0 atom stereocenters. The molecule has 2 heterocycles. The summed E-state index contributed by atoms with van der Waals surface area (Å²) in [6.45, 7) is 1.72. The highest BCUT2D eigenvalue weighted by Gasteiger charge is 2.42. The SMILES string of the molecule is O=C(c1ccc(NC(=O)C2(c3cccc(Cl)c3)CCOCC2)cc1)N1CCc2ccccc21. The molecule has 3 aromatic carbocycles. The topological polar surface area (TPSA) is 58.6 Å². The molecule has 2 aliphatic rings. The van der Waals surface area contributed by atoms with E-state index in [0.717, 1.165) is 17.7 Å². The third-order valence-corrected chi connectivity index (χ3v) is 6.92. The van der Waals surface area contributed by atoms with Gasteiger partial charge in [0.1, 0.15) is 0 Å². The molecule has 0 aliphatic carbocycles. The number of halogens is 1. The standard InChI is InChI=1S/C27H25ClN2O3/c28-22-6-3-5-21(18-22)27(13-16-33-17-14-27)26(32)29-23-10-8-20(9-11-23)25(31)30-15-12-19-4-1-2-7-24(19)30/h1-11,18H,12-17H2,(H,29,32). The van der Waals surface area contributed by atoms with Gasteiger partial charge in [0, 0.05) is 41.7 Å². The maximum absolute atomic E-state index is 13.5. The van der Waals surface area contributed by atoms with Crippen molar-refractivity contribution in [2.45, 2.75) is 24.7 Å². The molecule has 0 spiro atoms. The van der Waals surface area contributed by atoms with Crippen LogP contribution in [0.15, 0.2) is 72.8 Å². The Kier molecular flexibility index (Phi) is 5.92. The van der Waals surface area contributed by atoms with Crippen LogP contribution in [0.25, 0.3) is 0 Å². The van der Waals surface area contributed by atoms with Crippen LogP contribution in [0.5, 0.6) is 0 Å². The van der Waals surface area contributed by atoms with Crippen LogP contribution in [-0.2, 0) is 21.4 Å². The summed E-state index contributed by atoms with van der Waals surface area (Å²) < 4.78 is 5.54. The van der Waals surface area contributed by atoms with Crippen LogP contribution >= 0.6 is 11.6 Å². The van der Waals surface area contributed by atoms with E-state index in [1.807, 2.05) is 47.4 Å². The molecule has 2 aliphatic heterocycles. The lowest BCUT2D eigenvalue weighted by molar-refractivity contribution is -0.125. The Morgan fingerprint density at radius 2 is 1.70 bits per heavy atom. The van der Waals surface area contributed by atoms with Crippen molar-refractivity contribution in [3.05, 3.63) is 94.5 Å². The fourth-order valence-electron chi connectivity index (χ4n) is 4.80. The number of hydrogen-bond acceptors (Lipinski definition) is 3. The molecule has 3 aromatic rings. The van der Waals surface area contributed by atoms with Gasteiger partial charge in [-0.2, -0.15) is 0 Å². The maximum atomic E-state index is 13.5. The minimum Gasteiger partial charge on any atom is -0.381 e. The zero-order chi connectivity index (χ0) is 22.8. The van der Waals surface area contributed by atoms with Gasteiger partial charge in [0.05, 0.1) is 5.41 Å². The first-order chi connectivity index (χ1) is 16.1. The number of benzene rings is 3. The largest absolute Gasteiger partial charge is 0.381 e. The first-order valence-electron chi connectivity index (χ1n) is 11.2. The first-order valence-corrected chi connectivity index (χ1v) is 11.6. The van der Waals surface area contributed by atoms with Crippen LogP contribution in [0.3, 0.4) is 0 Å². The second-order valence-electron chi connectivity index (χ2n) is 8.57. The van der Waals surface area contributed by atoms with Crippen LogP contribution in [-0.4, -0.2) is 31.6 Å². The maximum Gasteiger partial charge on any atom is 0.258 e. The first kappa shape index (κ1) is 21.7. The summed E-state index contributed by atoms with van der Waals surface area (Å²) in [6.07, 6.45) is 2.04. The van der Waals surface area contributed by atoms with E-state index in [4.69, 9.17) is 16.3 Å². The molecule has 168 valence electrons. The normalized spacial score (nSPS) is 16.8. The lowest BCUT2D eigenvalue weighted by atomic mass is 9.73. The van der Waals surface area contributed by atoms with Gasteiger partial charge in [-0.1, -0.05) is 41.9 Å². The third kappa shape index (κ3) is 4.14. The molecule has 5 rings (SSSR count). The van der Waals surface area contributed by atoms with Gasteiger partial charge >= 0.3 is 0 Å². The number of ether oxygens (including phenoxy) is 1. The molecule has 0 saturated carbocycles. The van der Waals surface area contributed by atoms with Gasteiger partial charge in [-0.25, -0.2) is 0 Å². The molecule has 0 radical (unpaired) electrons. The van der Waals surface area contributed by atoms with Crippen LogP contribution in [0, 0.1) is 0 Å². The van der Waals surface area contributed by atoms with E-state index in [-0.39, 0.29) is 11.8 Å². The van der Waals surface area contributed by atoms with Gasteiger partial charge < -0.3 is 15.0 Å². The van der Waals surface area contributed by atoms with E-state index in [2.05, 4.69) is 11.4 Å². The van der Waals surface area contributed by atoms with Crippen molar-refractivity contribution in [1.29, 1.82) is 0 Å². The molecule has 0 aromatic heterocycles. The van der Waals surface area contributed by atoms with E-state index in [1.54, 1.807) is 24.3 Å². The second-order valence-corrected chi connectivity index (χ2v) is 9.01. The predicted octanol–water partition coefficient (Wildman–Crippen LogP) is 5.23. The number of nitrogens with one attached hydrogen (secondary N) is 1. The summed E-state index contributed by atoms with van der Waals surface area (Å²) in [4.78, 5) is 28.4. The van der Waals surface area contributed by atoms with Crippen molar-refractivity contribution in [1.82, 2.24) is 0 Å². The zero-order valence-corrected chi connectivity index (χ0v) is 19.0. The molecule has 2 amide bonds. The van der Waals surface area contributed by atoms with Gasteiger partial charge in [0.15, 0.2) is 0 Å². The second kappa shape index (κ2) is 9.00. The molecule has 1 saturated heterocycles. The number of rotatable bonds is 4. The van der Waals surface area contributed by atoms with Crippen molar-refractivity contribution in [2.24, 2.45) is 0 Å². The smallest absolute Gasteiger partial charge is 0.258 e. The van der Waals surface area contributed by atoms with E-state index in [9.17, 15) is 9.59 Å².